The van der Waals surface area contributed by atoms with Crippen LogP contribution < -0.4 is 0 Å². The minimum atomic E-state index is -5.00. The van der Waals surface area contributed by atoms with Gasteiger partial charge in [0.05, 0.1) is 0 Å². The molecule has 0 aromatic carbocycles. The molecule has 0 bridgehead atoms. The standard InChI is InChI=1S/Al.F4N/c;1-5(2,3)4/q;+1. The maximum absolute atomic E-state index is 9.62. The highest BCUT2D eigenvalue weighted by molar-refractivity contribution is 5.75. The van der Waals surface area contributed by atoms with Crippen molar-refractivity contribution in [3.05, 3.63) is 0 Å². The Morgan fingerprint density at radius 3 is 0.833 bits per heavy atom. The second-order valence-electron chi connectivity index (χ2n) is 0.383. The lowest BCUT2D eigenvalue weighted by atomic mass is 13.3. The van der Waals surface area contributed by atoms with Gasteiger partial charge in [0.1, 0.15) is 17.9 Å². The summed E-state index contributed by atoms with van der Waals surface area (Å²) < 4.78 is 38.5. The van der Waals surface area contributed by atoms with E-state index in [2.05, 4.69) is 0 Å². The molecule has 0 atom stereocenters. The quantitative estimate of drug-likeness (QED) is 0.252. The Bertz CT molecular complexity index is 23.0. The molecular weight excluding hydrogens is 117 g/mol. The summed E-state index contributed by atoms with van der Waals surface area (Å²) in [4.78, 5) is 0. The van der Waals surface area contributed by atoms with Crippen LogP contribution in [0.5, 0.6) is 0 Å². The molecule has 6 heavy (non-hydrogen) atoms. The highest BCUT2D eigenvalue weighted by atomic mass is 27.0. The minimum absolute atomic E-state index is 0. The summed E-state index contributed by atoms with van der Waals surface area (Å²) in [5, 5.41) is -5.00. The summed E-state index contributed by atoms with van der Waals surface area (Å²) in [5.41, 5.74) is 0. The first kappa shape index (κ1) is 9.51. The zero-order valence-corrected chi connectivity index (χ0v) is 3.69. The van der Waals surface area contributed by atoms with Crippen molar-refractivity contribution >= 4 is 17.4 Å². The number of hydrogen-bond acceptors (Lipinski definition) is 0. The SMILES string of the molecule is F[N+](F)(F)F.[Al]. The molecule has 0 saturated heterocycles. The molecule has 0 amide bonds. The molecule has 0 aliphatic carbocycles. The van der Waals surface area contributed by atoms with Crippen LogP contribution in [0.15, 0.2) is 0 Å². The van der Waals surface area contributed by atoms with E-state index in [-0.39, 0.29) is 17.4 Å². The van der Waals surface area contributed by atoms with Gasteiger partial charge in [-0.3, -0.25) is 0 Å². The largest absolute Gasteiger partial charge is 0.440 e. The molecule has 0 aliphatic rings. The van der Waals surface area contributed by atoms with Gasteiger partial charge in [0.15, 0.2) is 0 Å². The van der Waals surface area contributed by atoms with Gasteiger partial charge in [0.2, 0.25) is 0 Å². The highest BCUT2D eigenvalue weighted by Gasteiger charge is 2.30. The summed E-state index contributed by atoms with van der Waals surface area (Å²) >= 11 is 0. The molecule has 0 aromatic heterocycles. The fourth-order valence-electron chi connectivity index (χ4n) is 0. The van der Waals surface area contributed by atoms with E-state index < -0.39 is 5.37 Å². The van der Waals surface area contributed by atoms with Crippen molar-refractivity contribution in [1.82, 2.24) is 0 Å². The third kappa shape index (κ3) is 963. The van der Waals surface area contributed by atoms with Crippen LogP contribution in [0.4, 0.5) is 17.9 Å². The van der Waals surface area contributed by atoms with Crippen LogP contribution in [0.25, 0.3) is 0 Å². The second-order valence-corrected chi connectivity index (χ2v) is 0.383. The van der Waals surface area contributed by atoms with Crippen molar-refractivity contribution in [3.63, 3.8) is 0 Å². The van der Waals surface area contributed by atoms with E-state index in [9.17, 15) is 17.9 Å². The second kappa shape index (κ2) is 2.40. The van der Waals surface area contributed by atoms with E-state index in [4.69, 9.17) is 0 Å². The Labute approximate surface area is 41.6 Å². The average Bonchev–Trinajstić information content (AvgIpc) is 0.722. The maximum atomic E-state index is 9.62. The fourth-order valence-corrected chi connectivity index (χ4v) is 0. The van der Waals surface area contributed by atoms with Crippen LogP contribution >= 0.6 is 0 Å². The van der Waals surface area contributed by atoms with E-state index in [0.717, 1.165) is 0 Å². The number of rotatable bonds is 0. The predicted octanol–water partition coefficient (Wildman–Crippen LogP) is 0.960. The molecule has 0 spiro atoms. The number of quaternary nitrogens is 1. The molecule has 0 N–H and O–H groups in total. The van der Waals surface area contributed by atoms with Crippen LogP contribution in [0, 0.1) is 0 Å². The number of halogens is 4. The molecular formula is AlF4N+. The zero-order chi connectivity index (χ0) is 4.50. The van der Waals surface area contributed by atoms with E-state index >= 15 is 0 Å². The van der Waals surface area contributed by atoms with E-state index in [1.54, 1.807) is 0 Å². The van der Waals surface area contributed by atoms with Gasteiger partial charge in [-0.2, -0.15) is 0 Å². The van der Waals surface area contributed by atoms with Gasteiger partial charge in [-0.1, -0.05) is 0 Å². The van der Waals surface area contributed by atoms with E-state index in [1.807, 2.05) is 0 Å². The van der Waals surface area contributed by atoms with Crippen molar-refractivity contribution in [1.29, 1.82) is 0 Å². The number of nitrogens with zero attached hydrogens (tertiary/aromatic N) is 1. The van der Waals surface area contributed by atoms with Gasteiger partial charge < -0.3 is 0 Å². The summed E-state index contributed by atoms with van der Waals surface area (Å²) in [6.45, 7) is 0. The van der Waals surface area contributed by atoms with Crippen molar-refractivity contribution in [2.45, 2.75) is 0 Å². The predicted molar refractivity (Wildman–Crippen MR) is 10.4 cm³/mol. The van der Waals surface area contributed by atoms with Gasteiger partial charge in [-0.05, 0) is 0 Å². The van der Waals surface area contributed by atoms with Gasteiger partial charge in [-0.25, -0.2) is 0 Å². The molecule has 0 aromatic rings. The molecule has 0 heterocycles. The van der Waals surface area contributed by atoms with Gasteiger partial charge in [0, 0.05) is 17.4 Å². The van der Waals surface area contributed by atoms with E-state index in [0.29, 0.717) is 0 Å². The lowest BCUT2D eigenvalue weighted by Crippen LogP contribution is -1.99. The topological polar surface area (TPSA) is 0 Å². The molecule has 6 heteroatoms. The minimum Gasteiger partial charge on any atom is 0 e. The summed E-state index contributed by atoms with van der Waals surface area (Å²) in [6, 6.07) is 0. The first-order valence-electron chi connectivity index (χ1n) is 0.676. The highest BCUT2D eigenvalue weighted by Crippen LogP contribution is 2.08. The van der Waals surface area contributed by atoms with Gasteiger partial charge >= 0.3 is 5.37 Å². The molecule has 1 nitrogen and oxygen atoms in total. The zero-order valence-electron chi connectivity index (χ0n) is 2.54. The molecule has 3 radical (unpaired) electrons. The normalized spacial score (nSPS) is 10.0. The van der Waals surface area contributed by atoms with Gasteiger partial charge in [0.25, 0.3) is 0 Å². The van der Waals surface area contributed by atoms with E-state index in [1.165, 1.54) is 0 Å². The Morgan fingerprint density at radius 2 is 0.833 bits per heavy atom. The lowest BCUT2D eigenvalue weighted by Gasteiger charge is -1.71. The van der Waals surface area contributed by atoms with Crippen molar-refractivity contribution in [2.24, 2.45) is 0 Å². The van der Waals surface area contributed by atoms with Crippen LogP contribution in [0.1, 0.15) is 0 Å². The molecule has 0 fully saturated rings. The fraction of sp³-hybridized carbons (Fsp3) is 0. The average molecular weight is 117 g/mol. The molecule has 0 unspecified atom stereocenters. The van der Waals surface area contributed by atoms with Crippen molar-refractivity contribution in [2.75, 3.05) is 0 Å². The Kier molecular flexibility index (Phi) is 3.80. The number of hydrogen-bond donors (Lipinski definition) is 0. The van der Waals surface area contributed by atoms with Crippen molar-refractivity contribution < 1.29 is 23.3 Å². The van der Waals surface area contributed by atoms with Gasteiger partial charge in [-0.15, -0.1) is 0 Å². The smallest absolute Gasteiger partial charge is 0 e. The van der Waals surface area contributed by atoms with Crippen LogP contribution in [0.2, 0.25) is 0 Å². The van der Waals surface area contributed by atoms with Crippen LogP contribution in [-0.2, 0) is 0 Å². The van der Waals surface area contributed by atoms with Crippen LogP contribution in [-0.4, -0.2) is 22.7 Å². The molecule has 0 saturated carbocycles. The summed E-state index contributed by atoms with van der Waals surface area (Å²) in [7, 11) is 0. The molecule has 0 aliphatic heterocycles. The monoisotopic (exact) mass is 117 g/mol. The van der Waals surface area contributed by atoms with Crippen molar-refractivity contribution in [3.8, 4) is 0 Å². The molecule has 0 rings (SSSR count). The third-order valence-electron chi connectivity index (χ3n) is 0. The lowest BCUT2D eigenvalue weighted by molar-refractivity contribution is -1.36. The first-order chi connectivity index (χ1) is 2.00. The Balaban J connectivity index is 0. The Morgan fingerprint density at radius 1 is 0.833 bits per heavy atom. The van der Waals surface area contributed by atoms with Crippen LogP contribution in [0.3, 0.4) is 0 Å². The maximum Gasteiger partial charge on any atom is 0.440 e. The Hall–Kier alpha value is 0.212. The summed E-state index contributed by atoms with van der Waals surface area (Å²) in [6.07, 6.45) is 0. The summed E-state index contributed by atoms with van der Waals surface area (Å²) in [5.74, 6) is 0. The first-order valence-corrected chi connectivity index (χ1v) is 0.676. The third-order valence-corrected chi connectivity index (χ3v) is 0. The molecule has 35 valence electrons.